The Morgan fingerprint density at radius 2 is 2.04 bits per heavy atom. The Kier molecular flexibility index (Phi) is 4.38. The molecular weight excluding hydrogens is 334 g/mol. The molecule has 128 valence electrons. The zero-order chi connectivity index (χ0) is 17.2. The van der Waals surface area contributed by atoms with Gasteiger partial charge < -0.3 is 14.3 Å². The van der Waals surface area contributed by atoms with Crippen LogP contribution in [0.3, 0.4) is 0 Å². The van der Waals surface area contributed by atoms with E-state index in [1.165, 1.54) is 0 Å². The molecule has 4 rings (SSSR count). The van der Waals surface area contributed by atoms with Crippen molar-refractivity contribution in [1.82, 2.24) is 15.0 Å². The van der Waals surface area contributed by atoms with E-state index in [4.69, 9.17) is 4.52 Å². The Morgan fingerprint density at radius 1 is 1.20 bits per heavy atom. The summed E-state index contributed by atoms with van der Waals surface area (Å²) in [5.41, 5.74) is 1.51. The summed E-state index contributed by atoms with van der Waals surface area (Å²) in [6.45, 7) is 2.34. The molecule has 1 aliphatic rings. The summed E-state index contributed by atoms with van der Waals surface area (Å²) in [6, 6.07) is 15.8. The molecule has 5 nitrogen and oxygen atoms in total. The minimum atomic E-state index is -0.0755. The molecule has 1 unspecified atom stereocenters. The van der Waals surface area contributed by atoms with Crippen LogP contribution in [0.15, 0.2) is 58.4 Å². The Hall–Kier alpha value is -2.44. The van der Waals surface area contributed by atoms with Crippen molar-refractivity contribution in [1.29, 1.82) is 0 Å². The van der Waals surface area contributed by atoms with Gasteiger partial charge in [-0.25, -0.2) is 0 Å². The summed E-state index contributed by atoms with van der Waals surface area (Å²) in [7, 11) is 2.09. The molecule has 1 fully saturated rings. The van der Waals surface area contributed by atoms with Gasteiger partial charge in [0.15, 0.2) is 11.5 Å². The van der Waals surface area contributed by atoms with Crippen LogP contribution in [0.1, 0.15) is 22.1 Å². The molecule has 25 heavy (non-hydrogen) atoms. The number of hydrogen-bond donors (Lipinski definition) is 0. The third-order valence-corrected chi connectivity index (χ3v) is 5.41. The highest BCUT2D eigenvalue weighted by molar-refractivity contribution is 7.13. The topological polar surface area (TPSA) is 49.6 Å². The second-order valence-electron chi connectivity index (χ2n) is 6.24. The van der Waals surface area contributed by atoms with Crippen LogP contribution in [-0.2, 0) is 0 Å². The quantitative estimate of drug-likeness (QED) is 0.723. The van der Waals surface area contributed by atoms with Gasteiger partial charge >= 0.3 is 0 Å². The van der Waals surface area contributed by atoms with Crippen molar-refractivity contribution < 1.29 is 9.32 Å². The SMILES string of the molecule is CN1CCN(C(=O)c2cc(-c3cccs3)on2)C(c2ccccc2)C1. The number of piperazine rings is 1. The zero-order valence-electron chi connectivity index (χ0n) is 14.0. The smallest absolute Gasteiger partial charge is 0.276 e. The van der Waals surface area contributed by atoms with E-state index in [2.05, 4.69) is 29.2 Å². The van der Waals surface area contributed by atoms with E-state index in [9.17, 15) is 4.79 Å². The van der Waals surface area contributed by atoms with Gasteiger partial charge in [0.05, 0.1) is 10.9 Å². The molecule has 2 aromatic heterocycles. The van der Waals surface area contributed by atoms with E-state index in [-0.39, 0.29) is 11.9 Å². The molecule has 0 bridgehead atoms. The lowest BCUT2D eigenvalue weighted by molar-refractivity contribution is 0.0488. The minimum Gasteiger partial charge on any atom is -0.355 e. The maximum absolute atomic E-state index is 13.1. The van der Waals surface area contributed by atoms with E-state index in [0.29, 0.717) is 18.0 Å². The van der Waals surface area contributed by atoms with E-state index in [1.807, 2.05) is 40.6 Å². The molecule has 1 atom stereocenters. The Labute approximate surface area is 150 Å². The molecule has 1 aliphatic heterocycles. The van der Waals surface area contributed by atoms with Gasteiger partial charge in [-0.3, -0.25) is 4.79 Å². The summed E-state index contributed by atoms with van der Waals surface area (Å²) in [6.07, 6.45) is 0. The number of carbonyl (C=O) groups is 1. The Balaban J connectivity index is 1.61. The highest BCUT2D eigenvalue weighted by Gasteiger charge is 2.32. The van der Waals surface area contributed by atoms with Crippen molar-refractivity contribution in [3.8, 4) is 10.6 Å². The van der Waals surface area contributed by atoms with Crippen LogP contribution in [0.25, 0.3) is 10.6 Å². The molecule has 3 heterocycles. The Bertz CT molecular complexity index is 845. The zero-order valence-corrected chi connectivity index (χ0v) is 14.8. The largest absolute Gasteiger partial charge is 0.355 e. The van der Waals surface area contributed by atoms with E-state index in [0.717, 1.165) is 23.5 Å². The number of aromatic nitrogens is 1. The van der Waals surface area contributed by atoms with Crippen molar-refractivity contribution in [3.63, 3.8) is 0 Å². The lowest BCUT2D eigenvalue weighted by atomic mass is 10.0. The second kappa shape index (κ2) is 6.82. The standard InChI is InChI=1S/C19H19N3O2S/c1-21-9-10-22(16(13-21)14-6-3-2-4-7-14)19(23)15-12-17(24-20-15)18-8-5-11-25-18/h2-8,11-12,16H,9-10,13H2,1H3. The second-order valence-corrected chi connectivity index (χ2v) is 7.19. The number of nitrogens with zero attached hydrogens (tertiary/aromatic N) is 3. The number of rotatable bonds is 3. The third-order valence-electron chi connectivity index (χ3n) is 4.52. The molecule has 3 aromatic rings. The van der Waals surface area contributed by atoms with Crippen LogP contribution < -0.4 is 0 Å². The molecule has 0 N–H and O–H groups in total. The van der Waals surface area contributed by atoms with Crippen molar-refractivity contribution in [2.45, 2.75) is 6.04 Å². The molecule has 0 spiro atoms. The van der Waals surface area contributed by atoms with Crippen molar-refractivity contribution in [2.75, 3.05) is 26.7 Å². The lowest BCUT2D eigenvalue weighted by Crippen LogP contribution is -2.49. The molecule has 6 heteroatoms. The first-order valence-corrected chi connectivity index (χ1v) is 9.15. The first-order valence-electron chi connectivity index (χ1n) is 8.27. The van der Waals surface area contributed by atoms with Crippen LogP contribution in [0, 0.1) is 0 Å². The number of benzene rings is 1. The van der Waals surface area contributed by atoms with Crippen molar-refractivity contribution in [2.24, 2.45) is 0 Å². The van der Waals surface area contributed by atoms with Crippen LogP contribution in [0.4, 0.5) is 0 Å². The Morgan fingerprint density at radius 3 is 2.80 bits per heavy atom. The van der Waals surface area contributed by atoms with Gasteiger partial charge in [-0.1, -0.05) is 41.6 Å². The monoisotopic (exact) mass is 353 g/mol. The highest BCUT2D eigenvalue weighted by Crippen LogP contribution is 2.29. The predicted molar refractivity (Wildman–Crippen MR) is 97.5 cm³/mol. The van der Waals surface area contributed by atoms with Crippen molar-refractivity contribution in [3.05, 3.63) is 65.2 Å². The van der Waals surface area contributed by atoms with Gasteiger partial charge in [0.2, 0.25) is 0 Å². The summed E-state index contributed by atoms with van der Waals surface area (Å²) in [5, 5.41) is 6.00. The predicted octanol–water partition coefficient (Wildman–Crippen LogP) is 3.53. The average Bonchev–Trinajstić information content (AvgIpc) is 3.33. The average molecular weight is 353 g/mol. The van der Waals surface area contributed by atoms with Crippen LogP contribution in [0.2, 0.25) is 0 Å². The van der Waals surface area contributed by atoms with Gasteiger partial charge in [-0.2, -0.15) is 0 Å². The van der Waals surface area contributed by atoms with Gasteiger partial charge in [-0.15, -0.1) is 11.3 Å². The highest BCUT2D eigenvalue weighted by atomic mass is 32.1. The van der Waals surface area contributed by atoms with Crippen LogP contribution >= 0.6 is 11.3 Å². The molecular formula is C19H19N3O2S. The number of hydrogen-bond acceptors (Lipinski definition) is 5. The van der Waals surface area contributed by atoms with E-state index < -0.39 is 0 Å². The van der Waals surface area contributed by atoms with Gasteiger partial charge in [-0.05, 0) is 24.1 Å². The summed E-state index contributed by atoms with van der Waals surface area (Å²) >= 11 is 1.57. The molecule has 0 radical (unpaired) electrons. The normalized spacial score (nSPS) is 18.4. The van der Waals surface area contributed by atoms with Crippen LogP contribution in [0.5, 0.6) is 0 Å². The summed E-state index contributed by atoms with van der Waals surface area (Å²) in [4.78, 5) is 18.2. The fourth-order valence-corrected chi connectivity index (χ4v) is 3.85. The number of amides is 1. The number of carbonyl (C=O) groups excluding carboxylic acids is 1. The fraction of sp³-hybridized carbons (Fsp3) is 0.263. The molecule has 0 aliphatic carbocycles. The molecule has 1 saturated heterocycles. The number of thiophene rings is 1. The van der Waals surface area contributed by atoms with E-state index >= 15 is 0 Å². The number of likely N-dealkylation sites (N-methyl/N-ethyl adjacent to an activating group) is 1. The molecule has 1 amide bonds. The van der Waals surface area contributed by atoms with Gasteiger partial charge in [0, 0.05) is 25.7 Å². The lowest BCUT2D eigenvalue weighted by Gasteiger charge is -2.40. The summed E-state index contributed by atoms with van der Waals surface area (Å²) < 4.78 is 5.39. The minimum absolute atomic E-state index is 0.0225. The maximum atomic E-state index is 13.1. The van der Waals surface area contributed by atoms with E-state index in [1.54, 1.807) is 17.4 Å². The molecule has 1 aromatic carbocycles. The first-order chi connectivity index (χ1) is 12.2. The third kappa shape index (κ3) is 3.23. The van der Waals surface area contributed by atoms with Gasteiger partial charge in [0.25, 0.3) is 5.91 Å². The summed E-state index contributed by atoms with van der Waals surface area (Å²) in [5.74, 6) is 0.567. The van der Waals surface area contributed by atoms with Crippen LogP contribution in [-0.4, -0.2) is 47.5 Å². The molecule has 0 saturated carbocycles. The van der Waals surface area contributed by atoms with Gasteiger partial charge in [0.1, 0.15) is 0 Å². The first kappa shape index (κ1) is 16.1. The maximum Gasteiger partial charge on any atom is 0.276 e. The van der Waals surface area contributed by atoms with Crippen molar-refractivity contribution >= 4 is 17.2 Å². The fourth-order valence-electron chi connectivity index (χ4n) is 3.18.